The van der Waals surface area contributed by atoms with Crippen LogP contribution < -0.4 is 0 Å². The molecule has 0 aliphatic rings. The number of alkyl halides is 2. The SMILES string of the molecule is CN(Cc1ccsc1)C(=O)C(F)F. The molecule has 0 spiro atoms. The van der Waals surface area contributed by atoms with Gasteiger partial charge in [-0.2, -0.15) is 20.1 Å². The van der Waals surface area contributed by atoms with Crippen LogP contribution in [0.4, 0.5) is 8.78 Å². The van der Waals surface area contributed by atoms with Crippen LogP contribution in [0.2, 0.25) is 0 Å². The fourth-order valence-corrected chi connectivity index (χ4v) is 1.56. The minimum Gasteiger partial charge on any atom is -0.336 e. The molecule has 0 bridgehead atoms. The fourth-order valence-electron chi connectivity index (χ4n) is 0.901. The summed E-state index contributed by atoms with van der Waals surface area (Å²) in [5.74, 6) is -1.13. The Hall–Kier alpha value is -0.970. The number of amides is 1. The molecule has 0 atom stereocenters. The monoisotopic (exact) mass is 205 g/mol. The minimum atomic E-state index is -2.91. The van der Waals surface area contributed by atoms with Crippen molar-refractivity contribution < 1.29 is 13.6 Å². The maximum absolute atomic E-state index is 11.9. The minimum absolute atomic E-state index is 0.243. The number of hydrogen-bond donors (Lipinski definition) is 0. The Morgan fingerprint density at radius 1 is 1.69 bits per heavy atom. The zero-order valence-corrected chi connectivity index (χ0v) is 7.85. The first-order valence-electron chi connectivity index (χ1n) is 3.65. The molecule has 0 fully saturated rings. The van der Waals surface area contributed by atoms with Crippen LogP contribution in [0, 0.1) is 0 Å². The highest BCUT2D eigenvalue weighted by Crippen LogP contribution is 2.09. The summed E-state index contributed by atoms with van der Waals surface area (Å²) >= 11 is 1.48. The lowest BCUT2D eigenvalue weighted by Crippen LogP contribution is -2.31. The number of hydrogen-bond acceptors (Lipinski definition) is 2. The quantitative estimate of drug-likeness (QED) is 0.738. The van der Waals surface area contributed by atoms with Crippen LogP contribution in [0.3, 0.4) is 0 Å². The van der Waals surface area contributed by atoms with Gasteiger partial charge >= 0.3 is 6.43 Å². The van der Waals surface area contributed by atoms with E-state index in [0.717, 1.165) is 10.5 Å². The average Bonchev–Trinajstić information content (AvgIpc) is 2.55. The number of thiophene rings is 1. The Morgan fingerprint density at radius 2 is 2.38 bits per heavy atom. The van der Waals surface area contributed by atoms with Gasteiger partial charge in [-0.3, -0.25) is 4.79 Å². The first kappa shape index (κ1) is 10.1. The topological polar surface area (TPSA) is 20.3 Å². The number of rotatable bonds is 3. The molecular weight excluding hydrogens is 196 g/mol. The van der Waals surface area contributed by atoms with Gasteiger partial charge < -0.3 is 4.90 Å². The summed E-state index contributed by atoms with van der Waals surface area (Å²) in [6.07, 6.45) is -2.91. The van der Waals surface area contributed by atoms with Crippen molar-refractivity contribution in [2.24, 2.45) is 0 Å². The molecule has 13 heavy (non-hydrogen) atoms. The molecule has 0 N–H and O–H groups in total. The highest BCUT2D eigenvalue weighted by molar-refractivity contribution is 7.07. The third-order valence-electron chi connectivity index (χ3n) is 1.56. The lowest BCUT2D eigenvalue weighted by atomic mass is 10.3. The smallest absolute Gasteiger partial charge is 0.315 e. The van der Waals surface area contributed by atoms with Crippen molar-refractivity contribution in [3.05, 3.63) is 22.4 Å². The van der Waals surface area contributed by atoms with Crippen LogP contribution in [0.5, 0.6) is 0 Å². The van der Waals surface area contributed by atoms with Gasteiger partial charge in [0.05, 0.1) is 0 Å². The van der Waals surface area contributed by atoms with E-state index in [2.05, 4.69) is 0 Å². The maximum Gasteiger partial charge on any atom is 0.315 e. The summed E-state index contributed by atoms with van der Waals surface area (Å²) < 4.78 is 23.8. The molecule has 72 valence electrons. The van der Waals surface area contributed by atoms with Gasteiger partial charge in [0.1, 0.15) is 0 Å². The highest BCUT2D eigenvalue weighted by atomic mass is 32.1. The second-order valence-electron chi connectivity index (χ2n) is 2.63. The molecule has 2 nitrogen and oxygen atoms in total. The van der Waals surface area contributed by atoms with E-state index in [-0.39, 0.29) is 6.54 Å². The summed E-state index contributed by atoms with van der Waals surface area (Å²) in [6, 6.07) is 1.81. The molecule has 0 aliphatic carbocycles. The second-order valence-corrected chi connectivity index (χ2v) is 3.41. The van der Waals surface area contributed by atoms with E-state index in [9.17, 15) is 13.6 Å². The van der Waals surface area contributed by atoms with Crippen molar-refractivity contribution in [1.29, 1.82) is 0 Å². The van der Waals surface area contributed by atoms with Gasteiger partial charge in [-0.05, 0) is 22.4 Å². The molecular formula is C8H9F2NOS. The van der Waals surface area contributed by atoms with Crippen molar-refractivity contribution in [3.63, 3.8) is 0 Å². The van der Waals surface area contributed by atoms with Gasteiger partial charge in [0.15, 0.2) is 0 Å². The van der Waals surface area contributed by atoms with Crippen LogP contribution in [-0.2, 0) is 11.3 Å². The van der Waals surface area contributed by atoms with Gasteiger partial charge in [-0.1, -0.05) is 0 Å². The average molecular weight is 205 g/mol. The molecule has 1 aromatic heterocycles. The van der Waals surface area contributed by atoms with E-state index in [1.54, 1.807) is 6.07 Å². The number of carbonyl (C=O) groups excluding carboxylic acids is 1. The molecule has 0 saturated heterocycles. The van der Waals surface area contributed by atoms with Crippen molar-refractivity contribution in [1.82, 2.24) is 4.90 Å². The lowest BCUT2D eigenvalue weighted by Gasteiger charge is -2.15. The predicted molar refractivity (Wildman–Crippen MR) is 46.8 cm³/mol. The Bertz CT molecular complexity index is 274. The molecule has 0 radical (unpaired) electrons. The zero-order valence-electron chi connectivity index (χ0n) is 7.04. The van der Waals surface area contributed by atoms with E-state index >= 15 is 0 Å². The van der Waals surface area contributed by atoms with Crippen LogP contribution in [0.1, 0.15) is 5.56 Å². The molecule has 0 unspecified atom stereocenters. The number of nitrogens with zero attached hydrogens (tertiary/aromatic N) is 1. The third-order valence-corrected chi connectivity index (χ3v) is 2.29. The Labute approximate surface area is 78.8 Å². The van der Waals surface area contributed by atoms with Gasteiger partial charge in [0.25, 0.3) is 5.91 Å². The molecule has 5 heteroatoms. The molecule has 1 aromatic rings. The first-order chi connectivity index (χ1) is 6.11. The van der Waals surface area contributed by atoms with Crippen molar-refractivity contribution in [3.8, 4) is 0 Å². The first-order valence-corrected chi connectivity index (χ1v) is 4.59. The maximum atomic E-state index is 11.9. The molecule has 1 heterocycles. The van der Waals surface area contributed by atoms with Gasteiger partial charge in [0.2, 0.25) is 0 Å². The third kappa shape index (κ3) is 2.77. The van der Waals surface area contributed by atoms with Crippen LogP contribution in [0.15, 0.2) is 16.8 Å². The lowest BCUT2D eigenvalue weighted by molar-refractivity contribution is -0.141. The summed E-state index contributed by atoms with van der Waals surface area (Å²) in [4.78, 5) is 11.8. The summed E-state index contributed by atoms with van der Waals surface area (Å²) in [5.41, 5.74) is 0.876. The molecule has 0 aromatic carbocycles. The predicted octanol–water partition coefficient (Wildman–Crippen LogP) is 1.97. The largest absolute Gasteiger partial charge is 0.336 e. The van der Waals surface area contributed by atoms with Gasteiger partial charge in [-0.25, -0.2) is 0 Å². The van der Waals surface area contributed by atoms with Gasteiger partial charge in [0, 0.05) is 13.6 Å². The Balaban J connectivity index is 2.51. The van der Waals surface area contributed by atoms with Crippen molar-refractivity contribution in [2.45, 2.75) is 13.0 Å². The normalized spacial score (nSPS) is 10.5. The van der Waals surface area contributed by atoms with Crippen LogP contribution >= 0.6 is 11.3 Å². The Morgan fingerprint density at radius 3 is 2.85 bits per heavy atom. The molecule has 0 aliphatic heterocycles. The van der Waals surface area contributed by atoms with Crippen molar-refractivity contribution in [2.75, 3.05) is 7.05 Å². The summed E-state index contributed by atoms with van der Waals surface area (Å²) in [7, 11) is 1.37. The van der Waals surface area contributed by atoms with E-state index in [1.807, 2.05) is 10.8 Å². The second kappa shape index (κ2) is 4.32. The highest BCUT2D eigenvalue weighted by Gasteiger charge is 2.19. The summed E-state index contributed by atoms with van der Waals surface area (Å²) in [6.45, 7) is 0.243. The molecule has 0 saturated carbocycles. The molecule has 1 rings (SSSR count). The fraction of sp³-hybridized carbons (Fsp3) is 0.375. The van der Waals surface area contributed by atoms with Crippen molar-refractivity contribution >= 4 is 17.2 Å². The number of carbonyl (C=O) groups is 1. The van der Waals surface area contributed by atoms with E-state index in [4.69, 9.17) is 0 Å². The number of halogens is 2. The Kier molecular flexibility index (Phi) is 3.36. The summed E-state index contributed by atoms with van der Waals surface area (Å²) in [5, 5.41) is 3.67. The molecule has 1 amide bonds. The van der Waals surface area contributed by atoms with E-state index < -0.39 is 12.3 Å². The van der Waals surface area contributed by atoms with E-state index in [0.29, 0.717) is 0 Å². The standard InChI is InChI=1S/C8H9F2NOS/c1-11(8(12)7(9)10)4-6-2-3-13-5-6/h2-3,5,7H,4H2,1H3. The van der Waals surface area contributed by atoms with Crippen LogP contribution in [-0.4, -0.2) is 24.3 Å². The van der Waals surface area contributed by atoms with E-state index in [1.165, 1.54) is 18.4 Å². The van der Waals surface area contributed by atoms with Gasteiger partial charge in [-0.15, -0.1) is 0 Å². The zero-order chi connectivity index (χ0) is 9.84. The van der Waals surface area contributed by atoms with Crippen LogP contribution in [0.25, 0.3) is 0 Å².